The van der Waals surface area contributed by atoms with E-state index >= 15 is 0 Å². The van der Waals surface area contributed by atoms with Gasteiger partial charge in [-0.25, -0.2) is 4.79 Å². The van der Waals surface area contributed by atoms with Crippen molar-refractivity contribution in [2.75, 3.05) is 54.6 Å². The summed E-state index contributed by atoms with van der Waals surface area (Å²) in [5, 5.41) is 48.4. The molecule has 0 saturated carbocycles. The predicted octanol–water partition coefficient (Wildman–Crippen LogP) is 4.65. The van der Waals surface area contributed by atoms with Gasteiger partial charge in [-0.1, -0.05) is 33.8 Å². The van der Waals surface area contributed by atoms with Gasteiger partial charge in [0.2, 0.25) is 5.43 Å². The minimum Gasteiger partial charge on any atom is -0.477 e. The zero-order valence-electron chi connectivity index (χ0n) is 49.4. The third-order valence-electron chi connectivity index (χ3n) is 16.9. The van der Waals surface area contributed by atoms with Gasteiger partial charge in [0.1, 0.15) is 34.8 Å². The number of aliphatic hydroxyl groups is 3. The van der Waals surface area contributed by atoms with Gasteiger partial charge in [0, 0.05) is 82.3 Å². The molecule has 0 radical (unpaired) electrons. The SMILES string of the molecule is CC[C@H]1OC(=O)[C@H](C)[C@@H](O[C@H]2C[C@@](C)(OC)[C@@H](OC(=O)CCNCCOCCCc3ccc4c(c3)c(=O)c(C(=O)O)cn4CC)[C@H](C)O2)[C@H](C)[C@@H](O[C@H]2O[C@@H](C)C[C@@H](N(C)C)[C@@H]2O)[C@](C)(OC)C[C@@H](C)C(=O)[C@H](C)[C@@H](O)[C@]1(C)O. The number of aryl methyl sites for hydroxylation is 2. The lowest BCUT2D eigenvalue weighted by Gasteiger charge is -2.50. The molecule has 3 aliphatic heterocycles. The van der Waals surface area contributed by atoms with Gasteiger partial charge in [-0.15, -0.1) is 0 Å². The molecule has 21 nitrogen and oxygen atoms in total. The summed E-state index contributed by atoms with van der Waals surface area (Å²) in [6.45, 7) is 21.0. The lowest BCUT2D eigenvalue weighted by atomic mass is 9.74. The largest absolute Gasteiger partial charge is 0.477 e. The molecule has 0 spiro atoms. The van der Waals surface area contributed by atoms with E-state index in [0.29, 0.717) is 63.0 Å². The highest BCUT2D eigenvalue weighted by atomic mass is 16.7. The van der Waals surface area contributed by atoms with Gasteiger partial charge in [0.05, 0.1) is 60.6 Å². The van der Waals surface area contributed by atoms with Crippen molar-refractivity contribution in [3.05, 3.63) is 45.7 Å². The number of pyridine rings is 1. The van der Waals surface area contributed by atoms with Gasteiger partial charge in [0.15, 0.2) is 18.7 Å². The molecule has 18 atom stereocenters. The molecule has 5 rings (SSSR count). The number of ketones is 1. The highest BCUT2D eigenvalue weighted by molar-refractivity contribution is 5.92. The Morgan fingerprint density at radius 3 is 2.18 bits per heavy atom. The molecule has 0 amide bonds. The first-order chi connectivity index (χ1) is 37.1. The van der Waals surface area contributed by atoms with Crippen LogP contribution in [0.15, 0.2) is 29.2 Å². The van der Waals surface area contributed by atoms with E-state index in [4.69, 9.17) is 42.6 Å². The molecule has 0 unspecified atom stereocenters. The number of fused-ring (bicyclic) bond motifs is 1. The summed E-state index contributed by atoms with van der Waals surface area (Å²) < 4.78 is 58.8. The number of carboxylic acids is 1. The Kier molecular flexibility index (Phi) is 23.6. The Balaban J connectivity index is 1.27. The molecule has 3 aliphatic rings. The summed E-state index contributed by atoms with van der Waals surface area (Å²) in [7, 11) is 6.73. The first-order valence-electron chi connectivity index (χ1n) is 28.2. The maximum absolute atomic E-state index is 14.6. The van der Waals surface area contributed by atoms with Gasteiger partial charge in [0.25, 0.3) is 0 Å². The van der Waals surface area contributed by atoms with Crippen LogP contribution in [0.5, 0.6) is 0 Å². The first-order valence-corrected chi connectivity index (χ1v) is 28.2. The number of carbonyl (C=O) groups is 4. The predicted molar refractivity (Wildman–Crippen MR) is 292 cm³/mol. The minimum absolute atomic E-state index is 0.0341. The van der Waals surface area contributed by atoms with Crippen LogP contribution < -0.4 is 10.7 Å². The van der Waals surface area contributed by atoms with Gasteiger partial charge < -0.3 is 77.8 Å². The number of nitrogens with one attached hydrogen (secondary N) is 1. The number of benzene rings is 1. The molecule has 5 N–H and O–H groups in total. The van der Waals surface area contributed by atoms with E-state index in [1.807, 2.05) is 51.9 Å². The fourth-order valence-electron chi connectivity index (χ4n) is 11.9. The topological polar surface area (TPSA) is 270 Å². The van der Waals surface area contributed by atoms with Gasteiger partial charge in [-0.05, 0) is 112 Å². The molecule has 4 heterocycles. The highest BCUT2D eigenvalue weighted by Gasteiger charge is 2.55. The summed E-state index contributed by atoms with van der Waals surface area (Å²) in [5.41, 5.74) is -3.69. The van der Waals surface area contributed by atoms with E-state index in [2.05, 4.69) is 5.32 Å². The third kappa shape index (κ3) is 15.6. The van der Waals surface area contributed by atoms with E-state index in [9.17, 15) is 44.4 Å². The molecular weight excluding hydrogens is 1030 g/mol. The van der Waals surface area contributed by atoms with Crippen molar-refractivity contribution in [1.29, 1.82) is 0 Å². The van der Waals surface area contributed by atoms with Crippen LogP contribution in [0.3, 0.4) is 0 Å². The Bertz CT molecular complexity index is 2420. The zero-order valence-corrected chi connectivity index (χ0v) is 49.4. The third-order valence-corrected chi connectivity index (χ3v) is 16.9. The zero-order chi connectivity index (χ0) is 58.9. The number of carboxylic acid groups (broad SMARTS) is 1. The molecule has 3 fully saturated rings. The van der Waals surface area contributed by atoms with Crippen molar-refractivity contribution >= 4 is 34.6 Å². The molecular formula is C58H93N3O18. The fraction of sp³-hybridized carbons (Fsp3) is 0.776. The fourth-order valence-corrected chi connectivity index (χ4v) is 11.9. The Morgan fingerprint density at radius 2 is 1.56 bits per heavy atom. The van der Waals surface area contributed by atoms with Crippen molar-refractivity contribution < 1.29 is 82.2 Å². The molecule has 448 valence electrons. The molecule has 0 aliphatic carbocycles. The molecule has 0 bridgehead atoms. The number of aliphatic hydroxyl groups excluding tert-OH is 2. The summed E-state index contributed by atoms with van der Waals surface area (Å²) in [5.74, 6) is -6.57. The number of ether oxygens (including phenoxy) is 9. The average molecular weight is 1120 g/mol. The number of methoxy groups -OCH3 is 2. The first kappa shape index (κ1) is 65.8. The van der Waals surface area contributed by atoms with E-state index < -0.39 is 119 Å². The van der Waals surface area contributed by atoms with Crippen LogP contribution in [0.4, 0.5) is 0 Å². The van der Waals surface area contributed by atoms with Crippen LogP contribution in [0.25, 0.3) is 10.9 Å². The number of aromatic nitrogens is 1. The number of rotatable bonds is 21. The number of hydrogen-bond acceptors (Lipinski definition) is 19. The summed E-state index contributed by atoms with van der Waals surface area (Å²) in [6, 6.07) is 5.19. The van der Waals surface area contributed by atoms with Gasteiger partial charge in [-0.2, -0.15) is 0 Å². The number of aromatic carboxylic acids is 1. The Morgan fingerprint density at radius 1 is 0.886 bits per heavy atom. The normalized spacial score (nSPS) is 36.2. The average Bonchev–Trinajstić information content (AvgIpc) is 3.46. The summed E-state index contributed by atoms with van der Waals surface area (Å²) >= 11 is 0. The molecule has 2 aromatic rings. The van der Waals surface area contributed by atoms with Crippen LogP contribution in [-0.4, -0.2) is 192 Å². The number of Topliss-reactive ketones (excluding diaryl/α,β-unsaturated/α-hetero) is 1. The maximum Gasteiger partial charge on any atom is 0.341 e. The second-order valence-electron chi connectivity index (χ2n) is 23.1. The molecule has 3 saturated heterocycles. The number of cyclic esters (lactones) is 1. The Labute approximate surface area is 466 Å². The molecule has 1 aromatic carbocycles. The quantitative estimate of drug-likeness (QED) is 0.0841. The van der Waals surface area contributed by atoms with E-state index in [1.165, 1.54) is 34.3 Å². The van der Waals surface area contributed by atoms with Crippen LogP contribution in [0.2, 0.25) is 0 Å². The van der Waals surface area contributed by atoms with Crippen LogP contribution >= 0.6 is 0 Å². The van der Waals surface area contributed by atoms with Crippen molar-refractivity contribution in [3.8, 4) is 0 Å². The second-order valence-corrected chi connectivity index (χ2v) is 23.1. The van der Waals surface area contributed by atoms with Crippen molar-refractivity contribution in [3.63, 3.8) is 0 Å². The minimum atomic E-state index is -2.03. The van der Waals surface area contributed by atoms with E-state index in [-0.39, 0.29) is 49.2 Å². The van der Waals surface area contributed by atoms with Crippen LogP contribution in [-0.2, 0) is 70.0 Å². The van der Waals surface area contributed by atoms with Crippen molar-refractivity contribution in [2.24, 2.45) is 23.7 Å². The lowest BCUT2D eigenvalue weighted by molar-refractivity contribution is -0.320. The van der Waals surface area contributed by atoms with E-state index in [0.717, 1.165) is 5.56 Å². The Hall–Kier alpha value is -3.97. The van der Waals surface area contributed by atoms with Crippen LogP contribution in [0.1, 0.15) is 131 Å². The number of esters is 2. The number of nitrogens with zero attached hydrogens (tertiary/aromatic N) is 2. The van der Waals surface area contributed by atoms with Gasteiger partial charge >= 0.3 is 17.9 Å². The number of hydrogen-bond donors (Lipinski definition) is 5. The molecule has 79 heavy (non-hydrogen) atoms. The number of carbonyl (C=O) groups excluding carboxylic acids is 3. The van der Waals surface area contributed by atoms with Gasteiger partial charge in [-0.3, -0.25) is 19.2 Å². The molecule has 1 aromatic heterocycles. The van der Waals surface area contributed by atoms with Crippen molar-refractivity contribution in [1.82, 2.24) is 14.8 Å². The molecule has 21 heteroatoms. The van der Waals surface area contributed by atoms with Crippen LogP contribution in [0, 0.1) is 23.7 Å². The lowest BCUT2D eigenvalue weighted by Crippen LogP contribution is -2.61. The highest BCUT2D eigenvalue weighted by Crippen LogP contribution is 2.42. The van der Waals surface area contributed by atoms with Crippen molar-refractivity contribution in [2.45, 2.75) is 212 Å². The summed E-state index contributed by atoms with van der Waals surface area (Å²) in [4.78, 5) is 68.7. The summed E-state index contributed by atoms with van der Waals surface area (Å²) in [6.07, 6.45) is -6.84. The monoisotopic (exact) mass is 1120 g/mol. The second kappa shape index (κ2) is 28.3. The maximum atomic E-state index is 14.6. The standard InChI is InChI=1S/C58H93N3O18/c1-16-43-58(11,70)50(66)34(5)46(63)32(3)29-56(9,71-14)51(79-55-48(65)42(60(12)13)27-33(4)74-55)35(6)49(36(7)54(69)76-43)78-45-30-57(10,72-15)52(37(8)75-45)77-44(62)22-23-59-24-26-73-25-18-19-38-20-21-41-39(28-38)47(64)40(53(67)68)31-61(41)17-2/h20-21,28,31-37,42-43,45,48-52,55,59,65-66,70H,16-19,22-27,29-30H2,1-15H3,(H,67,68)/t32-,33+,34+,35+,36-,37+,42-,43-,45+,48+,49+,50-,51-,52+,55-,56-,57-,58-/m1/s1. The number of likely N-dealkylation sites (N-methyl/N-ethyl adjacent to an activating group) is 1. The van der Waals surface area contributed by atoms with E-state index in [1.54, 1.807) is 52.2 Å². The smallest absolute Gasteiger partial charge is 0.341 e.